The van der Waals surface area contributed by atoms with Crippen molar-refractivity contribution in [2.45, 2.75) is 0 Å². The highest BCUT2D eigenvalue weighted by Crippen LogP contribution is 2.20. The van der Waals surface area contributed by atoms with E-state index < -0.39 is 0 Å². The zero-order valence-electron chi connectivity index (χ0n) is 11.0. The zero-order chi connectivity index (χ0) is 12.8. The van der Waals surface area contributed by atoms with Crippen LogP contribution >= 0.6 is 23.7 Å². The van der Waals surface area contributed by atoms with Gasteiger partial charge >= 0.3 is 0 Å². The monoisotopic (exact) mass is 305 g/mol. The minimum Gasteiger partial charge on any atom is -0.496 e. The minimum absolute atomic E-state index is 0. The van der Waals surface area contributed by atoms with Gasteiger partial charge in [-0.1, -0.05) is 0 Å². The number of nitrogens with one attached hydrogen (secondary N) is 2. The van der Waals surface area contributed by atoms with Crippen LogP contribution in [0.5, 0.6) is 5.75 Å². The first kappa shape index (κ1) is 16.2. The Labute approximate surface area is 123 Å². The van der Waals surface area contributed by atoms with Crippen molar-refractivity contribution in [3.63, 3.8) is 0 Å². The maximum atomic E-state index is 11.8. The first-order valence-electron chi connectivity index (χ1n) is 6.13. The second-order valence-electron chi connectivity index (χ2n) is 4.20. The Kier molecular flexibility index (Phi) is 7.15. The summed E-state index contributed by atoms with van der Waals surface area (Å²) in [6, 6.07) is 1.77. The minimum atomic E-state index is -0.0153. The summed E-state index contributed by atoms with van der Waals surface area (Å²) in [6.45, 7) is 5.80. The molecule has 5 nitrogen and oxygen atoms in total. The van der Waals surface area contributed by atoms with Crippen molar-refractivity contribution in [3.05, 3.63) is 16.3 Å². The lowest BCUT2D eigenvalue weighted by Crippen LogP contribution is -2.46. The second kappa shape index (κ2) is 8.37. The van der Waals surface area contributed by atoms with Crippen LogP contribution in [-0.4, -0.2) is 57.2 Å². The van der Waals surface area contributed by atoms with E-state index in [-0.39, 0.29) is 18.3 Å². The average molecular weight is 306 g/mol. The molecule has 2 rings (SSSR count). The van der Waals surface area contributed by atoms with Gasteiger partial charge in [0.2, 0.25) is 0 Å². The maximum Gasteiger partial charge on any atom is 0.261 e. The van der Waals surface area contributed by atoms with Crippen molar-refractivity contribution in [3.8, 4) is 5.75 Å². The molecular weight excluding hydrogens is 286 g/mol. The molecule has 0 aliphatic carbocycles. The number of carbonyl (C=O) groups is 1. The third kappa shape index (κ3) is 4.99. The van der Waals surface area contributed by atoms with Crippen LogP contribution in [0, 0.1) is 0 Å². The number of thiophene rings is 1. The highest BCUT2D eigenvalue weighted by Gasteiger charge is 2.11. The molecule has 1 aromatic heterocycles. The van der Waals surface area contributed by atoms with Crippen LogP contribution in [0.4, 0.5) is 0 Å². The number of carbonyl (C=O) groups excluding carboxylic acids is 1. The predicted octanol–water partition coefficient (Wildman–Crippen LogP) is 0.813. The molecular formula is C12H20ClN3O2S. The van der Waals surface area contributed by atoms with E-state index in [1.54, 1.807) is 13.2 Å². The second-order valence-corrected chi connectivity index (χ2v) is 5.11. The number of rotatable bonds is 5. The summed E-state index contributed by atoms with van der Waals surface area (Å²) < 4.78 is 5.06. The number of halogens is 1. The number of ether oxygens (including phenoxy) is 1. The third-order valence-corrected chi connectivity index (χ3v) is 3.87. The Balaban J connectivity index is 0.00000180. The zero-order valence-corrected chi connectivity index (χ0v) is 12.6. The molecule has 1 aliphatic heterocycles. The van der Waals surface area contributed by atoms with E-state index in [1.807, 2.05) is 5.38 Å². The molecule has 1 aliphatic rings. The molecule has 108 valence electrons. The first-order valence-corrected chi connectivity index (χ1v) is 7.01. The lowest BCUT2D eigenvalue weighted by Gasteiger charge is -2.26. The molecule has 0 saturated carbocycles. The largest absolute Gasteiger partial charge is 0.496 e. The van der Waals surface area contributed by atoms with Gasteiger partial charge in [-0.15, -0.1) is 23.7 Å². The Morgan fingerprint density at radius 3 is 2.89 bits per heavy atom. The van der Waals surface area contributed by atoms with Crippen molar-refractivity contribution in [2.24, 2.45) is 0 Å². The summed E-state index contributed by atoms with van der Waals surface area (Å²) in [6.07, 6.45) is 0. The van der Waals surface area contributed by atoms with Crippen LogP contribution in [0.25, 0.3) is 0 Å². The Hall–Kier alpha value is -0.820. The van der Waals surface area contributed by atoms with Crippen LogP contribution < -0.4 is 15.4 Å². The van der Waals surface area contributed by atoms with E-state index in [0.29, 0.717) is 11.4 Å². The summed E-state index contributed by atoms with van der Waals surface area (Å²) in [4.78, 5) is 14.9. The molecule has 7 heteroatoms. The van der Waals surface area contributed by atoms with Crippen molar-refractivity contribution >= 4 is 29.7 Å². The smallest absolute Gasteiger partial charge is 0.261 e. The standard InChI is InChI=1S/C12H19N3O2S.ClH/c1-17-10-8-11(18-9-10)12(16)14-4-7-15-5-2-13-3-6-15;/h8-9,13H,2-7H2,1H3,(H,14,16);1H. The van der Waals surface area contributed by atoms with Gasteiger partial charge in [0.15, 0.2) is 0 Å². The molecule has 1 amide bonds. The first-order chi connectivity index (χ1) is 8.79. The van der Waals surface area contributed by atoms with Crippen molar-refractivity contribution in [1.82, 2.24) is 15.5 Å². The SMILES string of the molecule is COc1csc(C(=O)NCCN2CCNCC2)c1.Cl. The number of piperazine rings is 1. The van der Waals surface area contributed by atoms with Crippen molar-refractivity contribution in [1.29, 1.82) is 0 Å². The molecule has 0 radical (unpaired) electrons. The van der Waals surface area contributed by atoms with E-state index >= 15 is 0 Å². The van der Waals surface area contributed by atoms with Crippen LogP contribution in [0.3, 0.4) is 0 Å². The highest BCUT2D eigenvalue weighted by atomic mass is 35.5. The van der Waals surface area contributed by atoms with Crippen LogP contribution in [-0.2, 0) is 0 Å². The molecule has 2 N–H and O–H groups in total. The summed E-state index contributed by atoms with van der Waals surface area (Å²) in [7, 11) is 1.61. The third-order valence-electron chi connectivity index (χ3n) is 2.96. The topological polar surface area (TPSA) is 53.6 Å². The molecule has 0 atom stereocenters. The predicted molar refractivity (Wildman–Crippen MR) is 79.8 cm³/mol. The molecule has 1 saturated heterocycles. The summed E-state index contributed by atoms with van der Waals surface area (Å²) in [5.74, 6) is 0.727. The lowest BCUT2D eigenvalue weighted by atomic mass is 10.3. The van der Waals surface area contributed by atoms with Gasteiger partial charge in [-0.05, 0) is 0 Å². The van der Waals surface area contributed by atoms with Crippen LogP contribution in [0.1, 0.15) is 9.67 Å². The number of methoxy groups -OCH3 is 1. The quantitative estimate of drug-likeness (QED) is 0.845. The molecule has 19 heavy (non-hydrogen) atoms. The van der Waals surface area contributed by atoms with Crippen LogP contribution in [0.15, 0.2) is 11.4 Å². The number of amides is 1. The summed E-state index contributed by atoms with van der Waals surface area (Å²) in [5, 5.41) is 8.08. The fourth-order valence-corrected chi connectivity index (χ4v) is 2.67. The fourth-order valence-electron chi connectivity index (χ4n) is 1.89. The van der Waals surface area contributed by atoms with E-state index in [4.69, 9.17) is 4.74 Å². The molecule has 0 spiro atoms. The van der Waals surface area contributed by atoms with Gasteiger partial charge < -0.3 is 15.4 Å². The van der Waals surface area contributed by atoms with Gasteiger partial charge in [-0.2, -0.15) is 0 Å². The number of nitrogens with zero attached hydrogens (tertiary/aromatic N) is 1. The molecule has 0 aromatic carbocycles. The van der Waals surface area contributed by atoms with Gasteiger partial charge in [0, 0.05) is 50.7 Å². The Morgan fingerprint density at radius 2 is 2.26 bits per heavy atom. The average Bonchev–Trinajstić information content (AvgIpc) is 2.89. The van der Waals surface area contributed by atoms with E-state index in [9.17, 15) is 4.79 Å². The number of hydrogen-bond donors (Lipinski definition) is 2. The van der Waals surface area contributed by atoms with Gasteiger partial charge in [0.1, 0.15) is 5.75 Å². The highest BCUT2D eigenvalue weighted by molar-refractivity contribution is 7.12. The summed E-state index contributed by atoms with van der Waals surface area (Å²) >= 11 is 1.41. The van der Waals surface area contributed by atoms with Gasteiger partial charge in [-0.3, -0.25) is 9.69 Å². The van der Waals surface area contributed by atoms with Crippen molar-refractivity contribution < 1.29 is 9.53 Å². The molecule has 0 bridgehead atoms. The van der Waals surface area contributed by atoms with Crippen LogP contribution in [0.2, 0.25) is 0 Å². The molecule has 1 fully saturated rings. The Bertz CT molecular complexity index is 394. The van der Waals surface area contributed by atoms with E-state index in [1.165, 1.54) is 11.3 Å². The van der Waals surface area contributed by atoms with Gasteiger partial charge in [0.05, 0.1) is 12.0 Å². The van der Waals surface area contributed by atoms with Gasteiger partial charge in [0.25, 0.3) is 5.91 Å². The molecule has 1 aromatic rings. The molecule has 2 heterocycles. The molecule has 0 unspecified atom stereocenters. The van der Waals surface area contributed by atoms with E-state index in [2.05, 4.69) is 15.5 Å². The Morgan fingerprint density at radius 1 is 1.53 bits per heavy atom. The fraction of sp³-hybridized carbons (Fsp3) is 0.583. The maximum absolute atomic E-state index is 11.8. The number of hydrogen-bond acceptors (Lipinski definition) is 5. The van der Waals surface area contributed by atoms with E-state index in [0.717, 1.165) is 38.5 Å². The van der Waals surface area contributed by atoms with Crippen molar-refractivity contribution in [2.75, 3.05) is 46.4 Å². The lowest BCUT2D eigenvalue weighted by molar-refractivity contribution is 0.0951. The van der Waals surface area contributed by atoms with Gasteiger partial charge in [-0.25, -0.2) is 0 Å². The summed E-state index contributed by atoms with van der Waals surface area (Å²) in [5.41, 5.74) is 0. The normalized spacial score (nSPS) is 15.6.